The number of hydrogen-bond acceptors (Lipinski definition) is 3. The van der Waals surface area contributed by atoms with Crippen LogP contribution in [0.5, 0.6) is 5.75 Å². The van der Waals surface area contributed by atoms with Crippen LogP contribution in [0.2, 0.25) is 0 Å². The van der Waals surface area contributed by atoms with Gasteiger partial charge >= 0.3 is 0 Å². The molecule has 2 rings (SSSR count). The normalized spacial score (nSPS) is 11.9. The minimum absolute atomic E-state index is 0.0530. The highest BCUT2D eigenvalue weighted by Crippen LogP contribution is 2.25. The maximum absolute atomic E-state index is 12.9. The Labute approximate surface area is 128 Å². The molecule has 106 valence electrons. The van der Waals surface area contributed by atoms with Crippen molar-refractivity contribution in [3.05, 3.63) is 50.9 Å². The summed E-state index contributed by atoms with van der Waals surface area (Å²) in [5.74, 6) is -0.146. The highest BCUT2D eigenvalue weighted by molar-refractivity contribution is 9.10. The quantitative estimate of drug-likeness (QED) is 0.880. The van der Waals surface area contributed by atoms with Gasteiger partial charge in [-0.25, -0.2) is 4.39 Å². The first kappa shape index (κ1) is 15.0. The number of thiophene rings is 1. The first-order valence-electron chi connectivity index (χ1n) is 5.97. The smallest absolute Gasteiger partial charge is 0.258 e. The van der Waals surface area contributed by atoms with Crippen LogP contribution < -0.4 is 10.1 Å². The SMILES string of the molecule is C[C@H](NC(=O)COc1ccc(F)cc1Br)c1cccs1. The van der Waals surface area contributed by atoms with Crippen molar-refractivity contribution in [1.82, 2.24) is 5.32 Å². The summed E-state index contributed by atoms with van der Waals surface area (Å²) in [7, 11) is 0. The summed E-state index contributed by atoms with van der Waals surface area (Å²) in [5.41, 5.74) is 0. The zero-order chi connectivity index (χ0) is 14.5. The van der Waals surface area contributed by atoms with E-state index in [0.717, 1.165) is 4.88 Å². The van der Waals surface area contributed by atoms with Crippen LogP contribution in [-0.4, -0.2) is 12.5 Å². The molecule has 0 bridgehead atoms. The molecule has 0 saturated heterocycles. The van der Waals surface area contributed by atoms with Gasteiger partial charge in [0.1, 0.15) is 11.6 Å². The topological polar surface area (TPSA) is 38.3 Å². The molecule has 6 heteroatoms. The number of rotatable bonds is 5. The first-order valence-corrected chi connectivity index (χ1v) is 7.64. The zero-order valence-electron chi connectivity index (χ0n) is 10.7. The van der Waals surface area contributed by atoms with E-state index < -0.39 is 0 Å². The first-order chi connectivity index (χ1) is 9.56. The summed E-state index contributed by atoms with van der Waals surface area (Å²) in [6, 6.07) is 7.91. The Morgan fingerprint density at radius 2 is 2.30 bits per heavy atom. The zero-order valence-corrected chi connectivity index (χ0v) is 13.1. The molecule has 1 heterocycles. The van der Waals surface area contributed by atoms with Crippen molar-refractivity contribution in [3.63, 3.8) is 0 Å². The standard InChI is InChI=1S/C14H13BrFNO2S/c1-9(13-3-2-6-20-13)17-14(18)8-19-12-5-4-10(16)7-11(12)15/h2-7,9H,8H2,1H3,(H,17,18)/t9-/m0/s1. The van der Waals surface area contributed by atoms with Crippen molar-refractivity contribution in [2.45, 2.75) is 13.0 Å². The molecule has 1 aromatic heterocycles. The number of hydrogen-bond donors (Lipinski definition) is 1. The van der Waals surface area contributed by atoms with Gasteiger partial charge in [-0.1, -0.05) is 6.07 Å². The van der Waals surface area contributed by atoms with Gasteiger partial charge in [-0.05, 0) is 52.5 Å². The van der Waals surface area contributed by atoms with Gasteiger partial charge in [-0.15, -0.1) is 11.3 Å². The second-order valence-corrected chi connectivity index (χ2v) is 6.00. The van der Waals surface area contributed by atoms with Gasteiger partial charge in [0.05, 0.1) is 10.5 Å². The Hall–Kier alpha value is -1.40. The predicted molar refractivity (Wildman–Crippen MR) is 80.5 cm³/mol. The molecule has 0 spiro atoms. The van der Waals surface area contributed by atoms with Gasteiger partial charge in [0.2, 0.25) is 0 Å². The van der Waals surface area contributed by atoms with Crippen LogP contribution in [0.1, 0.15) is 17.8 Å². The van der Waals surface area contributed by atoms with Crippen molar-refractivity contribution < 1.29 is 13.9 Å². The van der Waals surface area contributed by atoms with E-state index >= 15 is 0 Å². The molecule has 2 aromatic rings. The highest BCUT2D eigenvalue weighted by atomic mass is 79.9. The minimum Gasteiger partial charge on any atom is -0.483 e. The second kappa shape index (κ2) is 6.85. The Bertz CT molecular complexity index is 589. The molecular formula is C14H13BrFNO2S. The fourth-order valence-electron chi connectivity index (χ4n) is 1.63. The number of carbonyl (C=O) groups excluding carboxylic acids is 1. The average Bonchev–Trinajstić information content (AvgIpc) is 2.91. The lowest BCUT2D eigenvalue weighted by atomic mass is 10.3. The van der Waals surface area contributed by atoms with Gasteiger partial charge in [0.15, 0.2) is 6.61 Å². The van der Waals surface area contributed by atoms with Crippen LogP contribution in [0.4, 0.5) is 4.39 Å². The lowest BCUT2D eigenvalue weighted by Crippen LogP contribution is -2.30. The molecule has 1 amide bonds. The number of nitrogens with one attached hydrogen (secondary N) is 1. The second-order valence-electron chi connectivity index (χ2n) is 4.17. The van der Waals surface area contributed by atoms with Crippen LogP contribution in [0.3, 0.4) is 0 Å². The summed E-state index contributed by atoms with van der Waals surface area (Å²) >= 11 is 4.77. The van der Waals surface area contributed by atoms with E-state index in [1.165, 1.54) is 18.2 Å². The monoisotopic (exact) mass is 357 g/mol. The third-order valence-corrected chi connectivity index (χ3v) is 4.27. The summed E-state index contributed by atoms with van der Waals surface area (Å²) in [4.78, 5) is 12.9. The van der Waals surface area contributed by atoms with Gasteiger partial charge in [0, 0.05) is 4.88 Å². The molecule has 0 aliphatic carbocycles. The fraction of sp³-hybridized carbons (Fsp3) is 0.214. The van der Waals surface area contributed by atoms with Crippen LogP contribution in [0.15, 0.2) is 40.2 Å². The van der Waals surface area contributed by atoms with Crippen molar-refractivity contribution >= 4 is 33.2 Å². The van der Waals surface area contributed by atoms with Gasteiger partial charge in [0.25, 0.3) is 5.91 Å². The summed E-state index contributed by atoms with van der Waals surface area (Å²) in [6.07, 6.45) is 0. The largest absolute Gasteiger partial charge is 0.483 e. The molecule has 0 unspecified atom stereocenters. The number of benzene rings is 1. The summed E-state index contributed by atoms with van der Waals surface area (Å²) in [6.45, 7) is 1.80. The van der Waals surface area contributed by atoms with Gasteiger partial charge < -0.3 is 10.1 Å². The Kier molecular flexibility index (Phi) is 5.14. The molecule has 20 heavy (non-hydrogen) atoms. The van der Waals surface area contributed by atoms with Crippen molar-refractivity contribution in [1.29, 1.82) is 0 Å². The van der Waals surface area contributed by atoms with E-state index in [-0.39, 0.29) is 24.4 Å². The van der Waals surface area contributed by atoms with E-state index in [0.29, 0.717) is 10.2 Å². The van der Waals surface area contributed by atoms with E-state index in [1.807, 2.05) is 24.4 Å². The molecule has 0 radical (unpaired) electrons. The molecule has 0 aliphatic heterocycles. The number of amides is 1. The summed E-state index contributed by atoms with van der Waals surface area (Å²) in [5, 5.41) is 4.80. The molecular weight excluding hydrogens is 345 g/mol. The van der Waals surface area contributed by atoms with Crippen LogP contribution in [-0.2, 0) is 4.79 Å². The van der Waals surface area contributed by atoms with Crippen LogP contribution in [0, 0.1) is 5.82 Å². The lowest BCUT2D eigenvalue weighted by Gasteiger charge is -2.13. The molecule has 3 nitrogen and oxygen atoms in total. The minimum atomic E-state index is -0.361. The third kappa shape index (κ3) is 4.05. The molecule has 0 aliphatic rings. The van der Waals surface area contributed by atoms with E-state index in [4.69, 9.17) is 4.74 Å². The number of carbonyl (C=O) groups is 1. The maximum atomic E-state index is 12.9. The molecule has 1 aromatic carbocycles. The average molecular weight is 358 g/mol. The Balaban J connectivity index is 1.86. The van der Waals surface area contributed by atoms with Crippen molar-refractivity contribution in [2.24, 2.45) is 0 Å². The van der Waals surface area contributed by atoms with Gasteiger partial charge in [-0.2, -0.15) is 0 Å². The van der Waals surface area contributed by atoms with Crippen LogP contribution in [0.25, 0.3) is 0 Å². The van der Waals surface area contributed by atoms with Crippen molar-refractivity contribution in [2.75, 3.05) is 6.61 Å². The third-order valence-electron chi connectivity index (χ3n) is 2.60. The van der Waals surface area contributed by atoms with Gasteiger partial charge in [-0.3, -0.25) is 4.79 Å². The molecule has 1 N–H and O–H groups in total. The summed E-state index contributed by atoms with van der Waals surface area (Å²) < 4.78 is 18.7. The van der Waals surface area contributed by atoms with E-state index in [2.05, 4.69) is 21.2 Å². The highest BCUT2D eigenvalue weighted by Gasteiger charge is 2.11. The van der Waals surface area contributed by atoms with Crippen LogP contribution >= 0.6 is 27.3 Å². The molecule has 1 atom stereocenters. The Morgan fingerprint density at radius 3 is 2.95 bits per heavy atom. The fourth-order valence-corrected chi connectivity index (χ4v) is 2.83. The number of ether oxygens (including phenoxy) is 1. The maximum Gasteiger partial charge on any atom is 0.258 e. The molecule has 0 fully saturated rings. The molecule has 0 saturated carbocycles. The Morgan fingerprint density at radius 1 is 1.50 bits per heavy atom. The van der Waals surface area contributed by atoms with E-state index in [9.17, 15) is 9.18 Å². The van der Waals surface area contributed by atoms with E-state index in [1.54, 1.807) is 11.3 Å². The lowest BCUT2D eigenvalue weighted by molar-refractivity contribution is -0.123. The number of halogens is 2. The predicted octanol–water partition coefficient (Wildman–Crippen LogP) is 3.91. The van der Waals surface area contributed by atoms with Crippen molar-refractivity contribution in [3.8, 4) is 5.75 Å².